The molecule has 0 aliphatic carbocycles. The monoisotopic (exact) mass is 322 g/mol. The number of aryl methyl sites for hydroxylation is 1. The van der Waals surface area contributed by atoms with E-state index >= 15 is 0 Å². The van der Waals surface area contributed by atoms with Gasteiger partial charge in [-0.3, -0.25) is 0 Å². The second kappa shape index (κ2) is 5.33. The van der Waals surface area contributed by atoms with Crippen LogP contribution in [0.25, 0.3) is 0 Å². The third-order valence-electron chi connectivity index (χ3n) is 3.99. The minimum Gasteiger partial charge on any atom is -0.454 e. The van der Waals surface area contributed by atoms with Crippen molar-refractivity contribution in [2.24, 2.45) is 7.05 Å². The number of aromatic nitrogens is 1. The lowest BCUT2D eigenvalue weighted by Crippen LogP contribution is -2.23. The molecule has 22 heavy (non-hydrogen) atoms. The highest BCUT2D eigenvalue weighted by molar-refractivity contribution is 7.89. The van der Waals surface area contributed by atoms with E-state index in [1.807, 2.05) is 31.5 Å². The molecule has 7 heteroatoms. The standard InChI is InChI=1S/C15H18N2O4S/c1-10-6-12(11(2)17(10)3)8-16-22(18,19)13-4-5-14-15(7-13)21-9-20-14/h4-7,16H,8-9H2,1-3H3. The number of fused-ring (bicyclic) bond motifs is 1. The van der Waals surface area contributed by atoms with Gasteiger partial charge in [0.1, 0.15) is 0 Å². The highest BCUT2D eigenvalue weighted by Gasteiger charge is 2.20. The first-order valence-corrected chi connectivity index (χ1v) is 8.38. The van der Waals surface area contributed by atoms with E-state index in [1.54, 1.807) is 6.07 Å². The molecule has 3 rings (SSSR count). The summed E-state index contributed by atoms with van der Waals surface area (Å²) < 4.78 is 39.9. The fraction of sp³-hybridized carbons (Fsp3) is 0.333. The summed E-state index contributed by atoms with van der Waals surface area (Å²) >= 11 is 0. The lowest BCUT2D eigenvalue weighted by Gasteiger charge is -2.08. The summed E-state index contributed by atoms with van der Waals surface area (Å²) in [5, 5.41) is 0. The van der Waals surface area contributed by atoms with Gasteiger partial charge in [0.2, 0.25) is 16.8 Å². The maximum atomic E-state index is 12.4. The largest absolute Gasteiger partial charge is 0.454 e. The molecule has 0 saturated heterocycles. The van der Waals surface area contributed by atoms with Crippen molar-refractivity contribution in [1.82, 2.24) is 9.29 Å². The third kappa shape index (κ3) is 2.57. The number of hydrogen-bond acceptors (Lipinski definition) is 4. The van der Waals surface area contributed by atoms with E-state index in [-0.39, 0.29) is 18.2 Å². The Morgan fingerprint density at radius 1 is 1.18 bits per heavy atom. The van der Waals surface area contributed by atoms with E-state index in [9.17, 15) is 8.42 Å². The summed E-state index contributed by atoms with van der Waals surface area (Å²) in [7, 11) is -1.64. The van der Waals surface area contributed by atoms with Crippen molar-refractivity contribution in [1.29, 1.82) is 0 Å². The number of ether oxygens (including phenoxy) is 2. The molecule has 0 amide bonds. The number of benzene rings is 1. The van der Waals surface area contributed by atoms with Crippen LogP contribution in [-0.4, -0.2) is 19.8 Å². The maximum absolute atomic E-state index is 12.4. The first-order chi connectivity index (χ1) is 10.4. The van der Waals surface area contributed by atoms with Crippen LogP contribution in [0.2, 0.25) is 0 Å². The Morgan fingerprint density at radius 3 is 2.59 bits per heavy atom. The Balaban J connectivity index is 1.80. The molecule has 118 valence electrons. The van der Waals surface area contributed by atoms with Crippen molar-refractivity contribution in [3.05, 3.63) is 41.2 Å². The van der Waals surface area contributed by atoms with Crippen LogP contribution in [0.1, 0.15) is 17.0 Å². The fourth-order valence-electron chi connectivity index (χ4n) is 2.41. The number of hydrogen-bond donors (Lipinski definition) is 1. The van der Waals surface area contributed by atoms with Crippen LogP contribution in [0.4, 0.5) is 0 Å². The van der Waals surface area contributed by atoms with Gasteiger partial charge in [0.15, 0.2) is 11.5 Å². The highest BCUT2D eigenvalue weighted by Crippen LogP contribution is 2.33. The van der Waals surface area contributed by atoms with Gasteiger partial charge < -0.3 is 14.0 Å². The first-order valence-electron chi connectivity index (χ1n) is 6.89. The first kappa shape index (κ1) is 14.9. The Labute approximate surface area is 129 Å². The molecule has 0 bridgehead atoms. The van der Waals surface area contributed by atoms with Gasteiger partial charge in [0, 0.05) is 31.0 Å². The van der Waals surface area contributed by atoms with Crippen molar-refractivity contribution in [3.8, 4) is 11.5 Å². The Hall–Kier alpha value is -1.99. The molecular weight excluding hydrogens is 304 g/mol. The van der Waals surface area contributed by atoms with E-state index in [0.29, 0.717) is 11.5 Å². The van der Waals surface area contributed by atoms with E-state index in [1.165, 1.54) is 12.1 Å². The smallest absolute Gasteiger partial charge is 0.241 e. The number of rotatable bonds is 4. The van der Waals surface area contributed by atoms with Gasteiger partial charge in [0.05, 0.1) is 4.90 Å². The molecule has 2 heterocycles. The minimum absolute atomic E-state index is 0.120. The Morgan fingerprint density at radius 2 is 1.91 bits per heavy atom. The average molecular weight is 322 g/mol. The average Bonchev–Trinajstić information content (AvgIpc) is 3.05. The van der Waals surface area contributed by atoms with Gasteiger partial charge in [-0.1, -0.05) is 0 Å². The molecule has 0 saturated carbocycles. The number of sulfonamides is 1. The fourth-order valence-corrected chi connectivity index (χ4v) is 3.43. The molecule has 6 nitrogen and oxygen atoms in total. The van der Waals surface area contributed by atoms with Crippen LogP contribution in [-0.2, 0) is 23.6 Å². The molecule has 1 aliphatic rings. The van der Waals surface area contributed by atoms with Crippen LogP contribution in [0.15, 0.2) is 29.2 Å². The Kier molecular flexibility index (Phi) is 3.62. The lowest BCUT2D eigenvalue weighted by atomic mass is 10.2. The van der Waals surface area contributed by atoms with Crippen molar-refractivity contribution in [3.63, 3.8) is 0 Å². The lowest BCUT2D eigenvalue weighted by molar-refractivity contribution is 0.174. The number of nitrogens with zero attached hydrogens (tertiary/aromatic N) is 1. The maximum Gasteiger partial charge on any atom is 0.241 e. The molecule has 0 radical (unpaired) electrons. The van der Waals surface area contributed by atoms with Crippen LogP contribution in [0.5, 0.6) is 11.5 Å². The van der Waals surface area contributed by atoms with Crippen molar-refractivity contribution in [2.75, 3.05) is 6.79 Å². The summed E-state index contributed by atoms with van der Waals surface area (Å²) in [6.07, 6.45) is 0. The van der Waals surface area contributed by atoms with Gasteiger partial charge in [-0.25, -0.2) is 13.1 Å². The zero-order chi connectivity index (χ0) is 15.9. The van der Waals surface area contributed by atoms with Crippen molar-refractivity contribution in [2.45, 2.75) is 25.3 Å². The highest BCUT2D eigenvalue weighted by atomic mass is 32.2. The molecule has 0 fully saturated rings. The normalized spacial score (nSPS) is 13.6. The molecule has 0 spiro atoms. The molecule has 0 atom stereocenters. The molecule has 1 N–H and O–H groups in total. The summed E-state index contributed by atoms with van der Waals surface area (Å²) in [5.41, 5.74) is 3.10. The third-order valence-corrected chi connectivity index (χ3v) is 5.39. The molecule has 1 aliphatic heterocycles. The van der Waals surface area contributed by atoms with E-state index in [0.717, 1.165) is 17.0 Å². The van der Waals surface area contributed by atoms with Gasteiger partial charge >= 0.3 is 0 Å². The summed E-state index contributed by atoms with van der Waals surface area (Å²) in [5.74, 6) is 1.02. The Bertz CT molecular complexity index is 824. The van der Waals surface area contributed by atoms with Crippen LogP contribution >= 0.6 is 0 Å². The summed E-state index contributed by atoms with van der Waals surface area (Å²) in [4.78, 5) is 0.169. The van der Waals surface area contributed by atoms with Gasteiger partial charge in [-0.05, 0) is 37.6 Å². The predicted octanol–water partition coefficient (Wildman–Crippen LogP) is 1.85. The number of nitrogens with one attached hydrogen (secondary N) is 1. The molecule has 1 aromatic heterocycles. The second-order valence-electron chi connectivity index (χ2n) is 5.30. The summed E-state index contributed by atoms with van der Waals surface area (Å²) in [6, 6.07) is 6.58. The minimum atomic E-state index is -3.60. The quantitative estimate of drug-likeness (QED) is 0.932. The van der Waals surface area contributed by atoms with E-state index in [4.69, 9.17) is 9.47 Å². The molecule has 0 unspecified atom stereocenters. The molecular formula is C15H18N2O4S. The van der Waals surface area contributed by atoms with Crippen LogP contribution in [0, 0.1) is 13.8 Å². The second-order valence-corrected chi connectivity index (χ2v) is 7.06. The van der Waals surface area contributed by atoms with Crippen molar-refractivity contribution >= 4 is 10.0 Å². The van der Waals surface area contributed by atoms with Crippen LogP contribution < -0.4 is 14.2 Å². The zero-order valence-corrected chi connectivity index (χ0v) is 13.5. The van der Waals surface area contributed by atoms with Crippen molar-refractivity contribution < 1.29 is 17.9 Å². The van der Waals surface area contributed by atoms with Gasteiger partial charge in [-0.2, -0.15) is 0 Å². The van der Waals surface area contributed by atoms with Crippen LogP contribution in [0.3, 0.4) is 0 Å². The van der Waals surface area contributed by atoms with E-state index in [2.05, 4.69) is 4.72 Å². The zero-order valence-electron chi connectivity index (χ0n) is 12.7. The van der Waals surface area contributed by atoms with Gasteiger partial charge in [0.25, 0.3) is 0 Å². The van der Waals surface area contributed by atoms with Gasteiger partial charge in [-0.15, -0.1) is 0 Å². The SMILES string of the molecule is Cc1cc(CNS(=O)(=O)c2ccc3c(c2)OCO3)c(C)n1C. The molecule has 1 aromatic carbocycles. The topological polar surface area (TPSA) is 69.6 Å². The summed E-state index contributed by atoms with van der Waals surface area (Å²) in [6.45, 7) is 4.33. The van der Waals surface area contributed by atoms with E-state index < -0.39 is 10.0 Å². The predicted molar refractivity (Wildman–Crippen MR) is 81.5 cm³/mol. The molecule has 2 aromatic rings.